The SMILES string of the molecule is O=C(O)c1ccc2c(c1)CCC(=O)N2Cc1ncon1. The Bertz CT molecular complexity index is 666. The predicted octanol–water partition coefficient (Wildman–Crippen LogP) is 1.25. The van der Waals surface area contributed by atoms with E-state index in [1.807, 2.05) is 0 Å². The van der Waals surface area contributed by atoms with E-state index in [1.165, 1.54) is 12.5 Å². The molecule has 1 aliphatic rings. The summed E-state index contributed by atoms with van der Waals surface area (Å²) >= 11 is 0. The third-order valence-corrected chi connectivity index (χ3v) is 3.23. The molecule has 7 nitrogen and oxygen atoms in total. The van der Waals surface area contributed by atoms with Gasteiger partial charge in [-0.25, -0.2) is 4.79 Å². The predicted molar refractivity (Wildman–Crippen MR) is 67.2 cm³/mol. The number of carbonyl (C=O) groups excluding carboxylic acids is 1. The third-order valence-electron chi connectivity index (χ3n) is 3.23. The van der Waals surface area contributed by atoms with Crippen molar-refractivity contribution in [3.63, 3.8) is 0 Å². The first-order chi connectivity index (χ1) is 9.65. The number of hydrogen-bond donors (Lipinski definition) is 1. The van der Waals surface area contributed by atoms with Crippen LogP contribution in [-0.2, 0) is 17.8 Å². The van der Waals surface area contributed by atoms with E-state index in [1.54, 1.807) is 17.0 Å². The van der Waals surface area contributed by atoms with Gasteiger partial charge in [-0.3, -0.25) is 4.79 Å². The normalized spacial score (nSPS) is 14.2. The van der Waals surface area contributed by atoms with Crippen LogP contribution in [0, 0.1) is 0 Å². The van der Waals surface area contributed by atoms with Crippen LogP contribution >= 0.6 is 0 Å². The van der Waals surface area contributed by atoms with Gasteiger partial charge in [-0.2, -0.15) is 4.98 Å². The van der Waals surface area contributed by atoms with E-state index in [4.69, 9.17) is 5.11 Å². The zero-order chi connectivity index (χ0) is 14.1. The number of nitrogens with zero attached hydrogens (tertiary/aromatic N) is 3. The summed E-state index contributed by atoms with van der Waals surface area (Å²) in [6.07, 6.45) is 2.09. The number of aromatic nitrogens is 2. The Balaban J connectivity index is 1.96. The standard InChI is InChI=1S/C13H11N3O4/c17-12-4-2-8-5-9(13(18)19)1-3-10(8)16(12)6-11-14-7-20-15-11/h1,3,5,7H,2,4,6H2,(H,18,19). The molecule has 20 heavy (non-hydrogen) atoms. The number of hydrogen-bond acceptors (Lipinski definition) is 5. The van der Waals surface area contributed by atoms with Gasteiger partial charge in [0, 0.05) is 12.1 Å². The molecule has 1 aromatic heterocycles. The number of aromatic carboxylic acids is 1. The van der Waals surface area contributed by atoms with Crippen molar-refractivity contribution >= 4 is 17.6 Å². The summed E-state index contributed by atoms with van der Waals surface area (Å²) in [7, 11) is 0. The number of fused-ring (bicyclic) bond motifs is 1. The van der Waals surface area contributed by atoms with Crippen LogP contribution in [0.1, 0.15) is 28.2 Å². The van der Waals surface area contributed by atoms with Gasteiger partial charge in [0.2, 0.25) is 12.3 Å². The first kappa shape index (κ1) is 12.3. The van der Waals surface area contributed by atoms with Crippen LogP contribution in [0.5, 0.6) is 0 Å². The van der Waals surface area contributed by atoms with Gasteiger partial charge in [0.15, 0.2) is 5.82 Å². The molecule has 0 atom stereocenters. The summed E-state index contributed by atoms with van der Waals surface area (Å²) in [5.74, 6) is -0.603. The molecule has 7 heteroatoms. The number of carboxylic acids is 1. The molecule has 0 spiro atoms. The second kappa shape index (κ2) is 4.76. The van der Waals surface area contributed by atoms with Crippen molar-refractivity contribution in [2.45, 2.75) is 19.4 Å². The van der Waals surface area contributed by atoms with E-state index in [2.05, 4.69) is 14.7 Å². The molecule has 1 aliphatic heterocycles. The summed E-state index contributed by atoms with van der Waals surface area (Å²) in [5, 5.41) is 12.7. The number of carboxylic acid groups (broad SMARTS) is 1. The smallest absolute Gasteiger partial charge is 0.335 e. The number of carbonyl (C=O) groups is 2. The number of anilines is 1. The lowest BCUT2D eigenvalue weighted by molar-refractivity contribution is -0.119. The molecule has 0 aliphatic carbocycles. The fraction of sp³-hybridized carbons (Fsp3) is 0.231. The monoisotopic (exact) mass is 273 g/mol. The van der Waals surface area contributed by atoms with Gasteiger partial charge >= 0.3 is 5.97 Å². The molecule has 0 fully saturated rings. The number of rotatable bonds is 3. The second-order valence-electron chi connectivity index (χ2n) is 4.48. The van der Waals surface area contributed by atoms with Gasteiger partial charge < -0.3 is 14.5 Å². The Morgan fingerprint density at radius 2 is 2.25 bits per heavy atom. The number of amides is 1. The maximum Gasteiger partial charge on any atom is 0.335 e. The van der Waals surface area contributed by atoms with Crippen LogP contribution in [0.3, 0.4) is 0 Å². The van der Waals surface area contributed by atoms with Gasteiger partial charge in [0.05, 0.1) is 12.1 Å². The van der Waals surface area contributed by atoms with Crippen molar-refractivity contribution < 1.29 is 19.2 Å². The molecule has 0 saturated carbocycles. The summed E-state index contributed by atoms with van der Waals surface area (Å²) in [5.41, 5.74) is 1.77. The summed E-state index contributed by atoms with van der Waals surface area (Å²) < 4.78 is 4.65. The van der Waals surface area contributed by atoms with Crippen molar-refractivity contribution in [1.29, 1.82) is 0 Å². The Morgan fingerprint density at radius 1 is 1.40 bits per heavy atom. The van der Waals surface area contributed by atoms with Crippen molar-refractivity contribution in [3.05, 3.63) is 41.5 Å². The number of aryl methyl sites for hydroxylation is 1. The minimum atomic E-state index is -0.977. The first-order valence-corrected chi connectivity index (χ1v) is 6.07. The summed E-state index contributed by atoms with van der Waals surface area (Å²) in [6, 6.07) is 4.74. The van der Waals surface area contributed by atoms with Crippen LogP contribution in [0.25, 0.3) is 0 Å². The molecule has 102 valence electrons. The van der Waals surface area contributed by atoms with Crippen LogP contribution in [0.15, 0.2) is 29.1 Å². The third kappa shape index (κ3) is 2.13. The van der Waals surface area contributed by atoms with Gasteiger partial charge in [-0.05, 0) is 30.2 Å². The zero-order valence-corrected chi connectivity index (χ0v) is 10.4. The average Bonchev–Trinajstić information content (AvgIpc) is 2.94. The Labute approximate surface area is 113 Å². The minimum Gasteiger partial charge on any atom is -0.478 e. The van der Waals surface area contributed by atoms with Crippen LogP contribution in [0.4, 0.5) is 5.69 Å². The van der Waals surface area contributed by atoms with Gasteiger partial charge in [-0.15, -0.1) is 0 Å². The number of benzene rings is 1. The highest BCUT2D eigenvalue weighted by molar-refractivity contribution is 5.97. The van der Waals surface area contributed by atoms with Crippen LogP contribution < -0.4 is 4.90 Å². The highest BCUT2D eigenvalue weighted by Crippen LogP contribution is 2.29. The molecule has 3 rings (SSSR count). The fourth-order valence-corrected chi connectivity index (χ4v) is 2.27. The van der Waals surface area contributed by atoms with Crippen molar-refractivity contribution in [2.24, 2.45) is 0 Å². The Hall–Kier alpha value is -2.70. The molecule has 0 bridgehead atoms. The van der Waals surface area contributed by atoms with E-state index >= 15 is 0 Å². The lowest BCUT2D eigenvalue weighted by Gasteiger charge is -2.28. The molecule has 0 saturated heterocycles. The molecule has 1 N–H and O–H groups in total. The van der Waals surface area contributed by atoms with Crippen molar-refractivity contribution in [3.8, 4) is 0 Å². The molecule has 2 heterocycles. The van der Waals surface area contributed by atoms with Gasteiger partial charge in [0.1, 0.15) is 0 Å². The lowest BCUT2D eigenvalue weighted by Crippen LogP contribution is -2.35. The highest BCUT2D eigenvalue weighted by Gasteiger charge is 2.26. The molecule has 0 unspecified atom stereocenters. The molecule has 1 aromatic carbocycles. The highest BCUT2D eigenvalue weighted by atomic mass is 16.5. The molecular weight excluding hydrogens is 262 g/mol. The molecule has 2 aromatic rings. The van der Waals surface area contributed by atoms with Gasteiger partial charge in [-0.1, -0.05) is 5.16 Å². The first-order valence-electron chi connectivity index (χ1n) is 6.07. The van der Waals surface area contributed by atoms with Crippen LogP contribution in [0.2, 0.25) is 0 Å². The molecule has 1 amide bonds. The van der Waals surface area contributed by atoms with Gasteiger partial charge in [0.25, 0.3) is 0 Å². The summed E-state index contributed by atoms with van der Waals surface area (Å²) in [4.78, 5) is 28.5. The van der Waals surface area contributed by atoms with Crippen LogP contribution in [-0.4, -0.2) is 27.1 Å². The lowest BCUT2D eigenvalue weighted by atomic mass is 9.98. The van der Waals surface area contributed by atoms with E-state index in [0.717, 1.165) is 5.56 Å². The van der Waals surface area contributed by atoms with E-state index in [0.29, 0.717) is 24.4 Å². The fourth-order valence-electron chi connectivity index (χ4n) is 2.27. The zero-order valence-electron chi connectivity index (χ0n) is 10.4. The van der Waals surface area contributed by atoms with Crippen molar-refractivity contribution in [2.75, 3.05) is 4.90 Å². The van der Waals surface area contributed by atoms with E-state index < -0.39 is 5.97 Å². The minimum absolute atomic E-state index is 0.0367. The second-order valence-corrected chi connectivity index (χ2v) is 4.48. The van der Waals surface area contributed by atoms with E-state index in [9.17, 15) is 9.59 Å². The maximum atomic E-state index is 12.0. The average molecular weight is 273 g/mol. The maximum absolute atomic E-state index is 12.0. The molecular formula is C13H11N3O4. The molecule has 0 radical (unpaired) electrons. The Morgan fingerprint density at radius 3 is 2.95 bits per heavy atom. The van der Waals surface area contributed by atoms with E-state index in [-0.39, 0.29) is 18.0 Å². The Kier molecular flexibility index (Phi) is 2.94. The van der Waals surface area contributed by atoms with Crippen molar-refractivity contribution in [1.82, 2.24) is 10.1 Å². The largest absolute Gasteiger partial charge is 0.478 e. The topological polar surface area (TPSA) is 96.5 Å². The summed E-state index contributed by atoms with van der Waals surface area (Å²) in [6.45, 7) is 0.217. The quantitative estimate of drug-likeness (QED) is 0.903.